The first kappa shape index (κ1) is 25.4. The molecule has 0 aliphatic carbocycles. The lowest BCUT2D eigenvalue weighted by atomic mass is 10.2. The van der Waals surface area contributed by atoms with Gasteiger partial charge in [-0.3, -0.25) is 10.1 Å². The molecule has 0 bridgehead atoms. The summed E-state index contributed by atoms with van der Waals surface area (Å²) < 4.78 is 0. The van der Waals surface area contributed by atoms with Crippen molar-refractivity contribution in [2.24, 2.45) is 20.5 Å². The minimum atomic E-state index is -0.547. The summed E-state index contributed by atoms with van der Waals surface area (Å²) in [6.07, 6.45) is 0.444. The minimum Gasteiger partial charge on any atom is -0.371 e. The Morgan fingerprint density at radius 1 is 1.09 bits per heavy atom. The van der Waals surface area contributed by atoms with Crippen LogP contribution in [0.2, 0.25) is 5.02 Å². The molecule has 0 unspecified atom stereocenters. The number of rotatable bonds is 9. The maximum absolute atomic E-state index is 10.9. The molecule has 0 N–H and O–H groups in total. The number of non-ortho nitro benzene ring substituents is 1. The Morgan fingerprint density at radius 3 is 2.40 bits per heavy atom. The molecular weight excluding hydrogens is 488 g/mol. The van der Waals surface area contributed by atoms with E-state index in [1.54, 1.807) is 6.92 Å². The summed E-state index contributed by atoms with van der Waals surface area (Å²) in [7, 11) is 0. The van der Waals surface area contributed by atoms with Gasteiger partial charge < -0.3 is 4.90 Å². The molecule has 176 valence electrons. The van der Waals surface area contributed by atoms with Gasteiger partial charge in [0.25, 0.3) is 5.69 Å². The van der Waals surface area contributed by atoms with Crippen molar-refractivity contribution in [2.45, 2.75) is 20.3 Å². The summed E-state index contributed by atoms with van der Waals surface area (Å²) in [6.45, 7) is 5.19. The third-order valence-corrected chi connectivity index (χ3v) is 6.31. The summed E-state index contributed by atoms with van der Waals surface area (Å²) in [4.78, 5) is 12.4. The van der Waals surface area contributed by atoms with Crippen LogP contribution in [-0.2, 0) is 0 Å². The predicted molar refractivity (Wildman–Crippen MR) is 135 cm³/mol. The Kier molecular flexibility index (Phi) is 8.57. The Hall–Kier alpha value is -4.19. The number of nitro benzene ring substituents is 1. The maximum atomic E-state index is 10.9. The summed E-state index contributed by atoms with van der Waals surface area (Å²) in [5.74, 6) is 0. The largest absolute Gasteiger partial charge is 0.371 e. The number of hydrogen-bond donors (Lipinski definition) is 0. The first-order valence-corrected chi connectivity index (χ1v) is 11.6. The number of azo groups is 2. The molecule has 12 heteroatoms. The number of thiophene rings is 1. The van der Waals surface area contributed by atoms with Gasteiger partial charge in [0.1, 0.15) is 16.8 Å². The fourth-order valence-corrected chi connectivity index (χ4v) is 4.18. The highest BCUT2D eigenvalue weighted by Gasteiger charge is 2.16. The van der Waals surface area contributed by atoms with Crippen LogP contribution in [0.4, 0.5) is 32.8 Å². The monoisotopic (exact) mass is 506 g/mol. The third kappa shape index (κ3) is 6.23. The molecular formula is C23H19ClN8O2S. The van der Waals surface area contributed by atoms with E-state index < -0.39 is 4.92 Å². The van der Waals surface area contributed by atoms with Gasteiger partial charge in [0.05, 0.1) is 33.7 Å². The zero-order chi connectivity index (χ0) is 25.4. The summed E-state index contributed by atoms with van der Waals surface area (Å²) in [5, 5.41) is 46.9. The van der Waals surface area contributed by atoms with E-state index in [1.807, 2.05) is 31.2 Å². The number of nitrogens with zero attached hydrogens (tertiary/aromatic N) is 8. The lowest BCUT2D eigenvalue weighted by molar-refractivity contribution is -0.384. The molecule has 10 nitrogen and oxygen atoms in total. The molecule has 2 aromatic carbocycles. The summed E-state index contributed by atoms with van der Waals surface area (Å²) in [6, 6.07) is 15.6. The quantitative estimate of drug-likeness (QED) is 0.164. The SMILES string of the molecule is CCN(CCC#N)c1ccc(N=Nc2sc(N=Nc3ccc([N+](=O)[O-])cc3Cl)c(C)c2C#N)cc1. The van der Waals surface area contributed by atoms with Crippen molar-refractivity contribution in [1.29, 1.82) is 10.5 Å². The van der Waals surface area contributed by atoms with Crippen LogP contribution in [0.3, 0.4) is 0 Å². The Balaban J connectivity index is 1.81. The van der Waals surface area contributed by atoms with Crippen molar-refractivity contribution in [3.63, 3.8) is 0 Å². The van der Waals surface area contributed by atoms with E-state index >= 15 is 0 Å². The topological polar surface area (TPSA) is 143 Å². The molecule has 35 heavy (non-hydrogen) atoms. The number of nitriles is 2. The van der Waals surface area contributed by atoms with E-state index in [0.29, 0.717) is 39.8 Å². The van der Waals surface area contributed by atoms with Gasteiger partial charge in [-0.05, 0) is 44.2 Å². The van der Waals surface area contributed by atoms with Gasteiger partial charge in [-0.15, -0.1) is 20.5 Å². The van der Waals surface area contributed by atoms with Gasteiger partial charge in [-0.25, -0.2) is 0 Å². The smallest absolute Gasteiger partial charge is 0.271 e. The second-order valence-electron chi connectivity index (χ2n) is 7.12. The van der Waals surface area contributed by atoms with Crippen LogP contribution in [-0.4, -0.2) is 18.0 Å². The molecule has 0 amide bonds. The average molecular weight is 507 g/mol. The normalized spacial score (nSPS) is 11.0. The molecule has 0 saturated carbocycles. The van der Waals surface area contributed by atoms with Crippen molar-refractivity contribution in [1.82, 2.24) is 0 Å². The molecule has 0 aliphatic rings. The fraction of sp³-hybridized carbons (Fsp3) is 0.217. The Labute approximate surface area is 210 Å². The number of anilines is 1. The second kappa shape index (κ2) is 11.8. The lowest BCUT2D eigenvalue weighted by Crippen LogP contribution is -2.23. The van der Waals surface area contributed by atoms with Crippen molar-refractivity contribution in [2.75, 3.05) is 18.0 Å². The van der Waals surface area contributed by atoms with E-state index in [1.165, 1.54) is 18.2 Å². The predicted octanol–water partition coefficient (Wildman–Crippen LogP) is 8.06. The lowest BCUT2D eigenvalue weighted by Gasteiger charge is -2.21. The van der Waals surface area contributed by atoms with E-state index in [-0.39, 0.29) is 16.4 Å². The molecule has 0 atom stereocenters. The highest BCUT2D eigenvalue weighted by Crippen LogP contribution is 2.42. The van der Waals surface area contributed by atoms with Crippen molar-refractivity contribution in [3.8, 4) is 12.1 Å². The number of hydrogen-bond acceptors (Lipinski definition) is 10. The van der Waals surface area contributed by atoms with E-state index in [0.717, 1.165) is 23.6 Å². The van der Waals surface area contributed by atoms with Crippen LogP contribution >= 0.6 is 22.9 Å². The molecule has 0 saturated heterocycles. The zero-order valence-electron chi connectivity index (χ0n) is 18.8. The standard InChI is InChI=1S/C23H19ClN8O2S/c1-3-31(12-4-11-25)17-7-5-16(6-8-17)27-30-23-19(14-26)15(2)22(35-23)29-28-21-10-9-18(32(33)34)13-20(21)24/h5-10,13H,3-4,12H2,1-2H3. The fourth-order valence-electron chi connectivity index (χ4n) is 3.06. The van der Waals surface area contributed by atoms with Crippen molar-refractivity contribution in [3.05, 3.63) is 68.7 Å². The average Bonchev–Trinajstić information content (AvgIpc) is 3.17. The van der Waals surface area contributed by atoms with Crippen molar-refractivity contribution >= 4 is 55.7 Å². The van der Waals surface area contributed by atoms with Crippen LogP contribution in [0.25, 0.3) is 0 Å². The number of halogens is 1. The molecule has 0 aliphatic heterocycles. The highest BCUT2D eigenvalue weighted by atomic mass is 35.5. The summed E-state index contributed by atoms with van der Waals surface area (Å²) >= 11 is 7.22. The molecule has 1 heterocycles. The van der Waals surface area contributed by atoms with Gasteiger partial charge in [0.2, 0.25) is 0 Å². The Morgan fingerprint density at radius 2 is 1.80 bits per heavy atom. The minimum absolute atomic E-state index is 0.0929. The second-order valence-corrected chi connectivity index (χ2v) is 8.51. The molecule has 0 fully saturated rings. The molecule has 0 radical (unpaired) electrons. The molecule has 3 rings (SSSR count). The van der Waals surface area contributed by atoms with Crippen LogP contribution in [0.15, 0.2) is 62.9 Å². The van der Waals surface area contributed by atoms with Gasteiger partial charge in [0.15, 0.2) is 5.00 Å². The van der Waals surface area contributed by atoms with Gasteiger partial charge in [0, 0.05) is 36.5 Å². The van der Waals surface area contributed by atoms with Crippen LogP contribution in [0.1, 0.15) is 24.5 Å². The third-order valence-electron chi connectivity index (χ3n) is 4.95. The van der Waals surface area contributed by atoms with Gasteiger partial charge in [-0.1, -0.05) is 22.9 Å². The van der Waals surface area contributed by atoms with Crippen molar-refractivity contribution < 1.29 is 4.92 Å². The van der Waals surface area contributed by atoms with E-state index in [4.69, 9.17) is 16.9 Å². The van der Waals surface area contributed by atoms with Crippen LogP contribution < -0.4 is 4.90 Å². The first-order chi connectivity index (χ1) is 16.9. The molecule has 1 aromatic heterocycles. The van der Waals surface area contributed by atoms with Gasteiger partial charge in [-0.2, -0.15) is 10.5 Å². The highest BCUT2D eigenvalue weighted by molar-refractivity contribution is 7.19. The Bertz CT molecular complexity index is 1370. The summed E-state index contributed by atoms with van der Waals surface area (Å²) in [5.41, 5.74) is 2.66. The number of nitro groups is 1. The molecule has 0 spiro atoms. The number of benzene rings is 2. The van der Waals surface area contributed by atoms with Gasteiger partial charge >= 0.3 is 0 Å². The molecule has 3 aromatic rings. The maximum Gasteiger partial charge on any atom is 0.271 e. The zero-order valence-corrected chi connectivity index (χ0v) is 20.4. The van der Waals surface area contributed by atoms with E-state index in [9.17, 15) is 15.4 Å². The van der Waals surface area contributed by atoms with Crippen LogP contribution in [0.5, 0.6) is 0 Å². The first-order valence-electron chi connectivity index (χ1n) is 10.4. The van der Waals surface area contributed by atoms with Crippen LogP contribution in [0, 0.1) is 39.7 Å². The van der Waals surface area contributed by atoms with E-state index in [2.05, 4.69) is 37.5 Å².